The molecule has 4 aromatic rings. The number of carboxylic acid groups (broad SMARTS) is 1. The molecule has 0 bridgehead atoms. The maximum absolute atomic E-state index is 14.9. The molecule has 0 amide bonds. The van der Waals surface area contributed by atoms with Crippen LogP contribution < -0.4 is 4.74 Å². The van der Waals surface area contributed by atoms with Gasteiger partial charge in [0.1, 0.15) is 17.6 Å². The van der Waals surface area contributed by atoms with Crippen molar-refractivity contribution in [2.24, 2.45) is 0 Å². The third-order valence-electron chi connectivity index (χ3n) is 4.84. The Morgan fingerprint density at radius 1 is 1.34 bits per heavy atom. The van der Waals surface area contributed by atoms with Crippen molar-refractivity contribution >= 4 is 16.9 Å². The van der Waals surface area contributed by atoms with E-state index in [1.165, 1.54) is 6.07 Å². The number of nitriles is 1. The van der Waals surface area contributed by atoms with Crippen LogP contribution in [0.1, 0.15) is 31.4 Å². The molecule has 162 valence electrons. The number of halogens is 1. The van der Waals surface area contributed by atoms with Crippen molar-refractivity contribution in [2.75, 3.05) is 0 Å². The first-order valence-electron chi connectivity index (χ1n) is 9.92. The lowest BCUT2D eigenvalue weighted by Crippen LogP contribution is -2.06. The third kappa shape index (κ3) is 4.16. The fourth-order valence-electron chi connectivity index (χ4n) is 3.38. The van der Waals surface area contributed by atoms with Crippen molar-refractivity contribution in [1.29, 1.82) is 5.26 Å². The van der Waals surface area contributed by atoms with Gasteiger partial charge in [0, 0.05) is 29.1 Å². The molecule has 0 atom stereocenters. The van der Waals surface area contributed by atoms with Gasteiger partial charge in [0.05, 0.1) is 17.2 Å². The Labute approximate surface area is 182 Å². The summed E-state index contributed by atoms with van der Waals surface area (Å²) in [7, 11) is 0. The van der Waals surface area contributed by atoms with E-state index in [1.807, 2.05) is 13.8 Å². The number of fused-ring (bicyclic) bond motifs is 1. The molecule has 0 spiro atoms. The van der Waals surface area contributed by atoms with Gasteiger partial charge in [0.15, 0.2) is 0 Å². The molecule has 9 heteroatoms. The van der Waals surface area contributed by atoms with Gasteiger partial charge in [-0.05, 0) is 56.2 Å². The fourth-order valence-corrected chi connectivity index (χ4v) is 3.38. The molecule has 0 aliphatic rings. The highest BCUT2D eigenvalue weighted by Crippen LogP contribution is 2.31. The topological polar surface area (TPSA) is 125 Å². The number of nitrogens with zero attached hydrogens (tertiary/aromatic N) is 3. The summed E-state index contributed by atoms with van der Waals surface area (Å²) >= 11 is 0. The average Bonchev–Trinajstić information content (AvgIpc) is 3.38. The van der Waals surface area contributed by atoms with Crippen LogP contribution >= 0.6 is 0 Å². The summed E-state index contributed by atoms with van der Waals surface area (Å²) in [4.78, 5) is 18.1. The number of rotatable bonds is 7. The van der Waals surface area contributed by atoms with Crippen molar-refractivity contribution in [3.8, 4) is 34.7 Å². The zero-order valence-electron chi connectivity index (χ0n) is 17.3. The van der Waals surface area contributed by atoms with Crippen LogP contribution in [0, 0.1) is 17.1 Å². The SMILES string of the molecule is CC(C)Oc1ccc(-c2nc(-c3cc4[nH]cc(CCC(=O)O)c4cc3F)no2)cc1C#N. The van der Waals surface area contributed by atoms with Crippen molar-refractivity contribution < 1.29 is 23.6 Å². The van der Waals surface area contributed by atoms with Crippen molar-refractivity contribution in [1.82, 2.24) is 15.1 Å². The van der Waals surface area contributed by atoms with E-state index in [4.69, 9.17) is 14.4 Å². The summed E-state index contributed by atoms with van der Waals surface area (Å²) in [6, 6.07) is 9.90. The Kier molecular flexibility index (Phi) is 5.60. The van der Waals surface area contributed by atoms with Crippen LogP contribution in [0.15, 0.2) is 41.1 Å². The van der Waals surface area contributed by atoms with Crippen molar-refractivity contribution in [2.45, 2.75) is 32.8 Å². The second-order valence-corrected chi connectivity index (χ2v) is 7.50. The molecule has 0 saturated carbocycles. The number of H-pyrrole nitrogens is 1. The van der Waals surface area contributed by atoms with Crippen LogP contribution in [0.2, 0.25) is 0 Å². The van der Waals surface area contributed by atoms with E-state index in [-0.39, 0.29) is 36.2 Å². The van der Waals surface area contributed by atoms with Crippen LogP contribution in [0.5, 0.6) is 5.75 Å². The molecule has 2 aromatic carbocycles. The second-order valence-electron chi connectivity index (χ2n) is 7.50. The lowest BCUT2D eigenvalue weighted by atomic mass is 10.1. The maximum atomic E-state index is 14.9. The Bertz CT molecular complexity index is 1350. The van der Waals surface area contributed by atoms with E-state index in [2.05, 4.69) is 21.2 Å². The van der Waals surface area contributed by atoms with Gasteiger partial charge < -0.3 is 19.4 Å². The van der Waals surface area contributed by atoms with E-state index in [9.17, 15) is 14.4 Å². The largest absolute Gasteiger partial charge is 0.490 e. The number of ether oxygens (including phenoxy) is 1. The summed E-state index contributed by atoms with van der Waals surface area (Å²) in [6.45, 7) is 3.73. The predicted octanol–water partition coefficient (Wildman–Crippen LogP) is 4.70. The van der Waals surface area contributed by atoms with Crippen molar-refractivity contribution in [3.63, 3.8) is 0 Å². The molecule has 8 nitrogen and oxygen atoms in total. The van der Waals surface area contributed by atoms with E-state index < -0.39 is 11.8 Å². The average molecular weight is 434 g/mol. The normalized spacial score (nSPS) is 11.1. The number of nitrogens with one attached hydrogen (secondary N) is 1. The molecule has 0 aliphatic heterocycles. The molecule has 4 rings (SSSR count). The predicted molar refractivity (Wildman–Crippen MR) is 113 cm³/mol. The summed E-state index contributed by atoms with van der Waals surface area (Å²) in [6.07, 6.45) is 1.83. The molecule has 0 fully saturated rings. The van der Waals surface area contributed by atoms with Crippen LogP contribution in [0.4, 0.5) is 4.39 Å². The standard InChI is InChI=1S/C23H19FN4O4/c1-12(2)31-20-5-3-13(7-15(20)10-25)23-27-22(28-32-23)17-9-19-16(8-18(17)24)14(11-26-19)4-6-21(29)30/h3,5,7-9,11-12,26H,4,6H2,1-2H3,(H,29,30). The molecule has 0 unspecified atom stereocenters. The first-order chi connectivity index (χ1) is 15.4. The van der Waals surface area contributed by atoms with Gasteiger partial charge in [0.25, 0.3) is 5.89 Å². The summed E-state index contributed by atoms with van der Waals surface area (Å²) in [5, 5.41) is 22.8. The quantitative estimate of drug-likeness (QED) is 0.432. The number of hydrogen-bond donors (Lipinski definition) is 2. The van der Waals surface area contributed by atoms with Gasteiger partial charge in [0.2, 0.25) is 5.82 Å². The molecule has 2 aromatic heterocycles. The monoisotopic (exact) mass is 434 g/mol. The lowest BCUT2D eigenvalue weighted by Gasteiger charge is -2.11. The molecule has 2 N–H and O–H groups in total. The number of aliphatic carboxylic acids is 1. The van der Waals surface area contributed by atoms with Gasteiger partial charge in [-0.1, -0.05) is 5.16 Å². The summed E-state index contributed by atoms with van der Waals surface area (Å²) in [5.41, 5.74) is 2.32. The van der Waals surface area contributed by atoms with Gasteiger partial charge in [-0.15, -0.1) is 0 Å². The number of carboxylic acids is 1. The summed E-state index contributed by atoms with van der Waals surface area (Å²) < 4.78 is 25.8. The number of hydrogen-bond acceptors (Lipinski definition) is 6. The Balaban J connectivity index is 1.66. The molecule has 0 aliphatic carbocycles. The van der Waals surface area contributed by atoms with Crippen molar-refractivity contribution in [3.05, 3.63) is 53.5 Å². The molecule has 2 heterocycles. The lowest BCUT2D eigenvalue weighted by molar-refractivity contribution is -0.136. The highest BCUT2D eigenvalue weighted by molar-refractivity contribution is 5.87. The first-order valence-corrected chi connectivity index (χ1v) is 9.92. The Morgan fingerprint density at radius 2 is 2.16 bits per heavy atom. The summed E-state index contributed by atoms with van der Waals surface area (Å²) in [5.74, 6) is -0.825. The van der Waals surface area contributed by atoms with Crippen LogP contribution in [-0.2, 0) is 11.2 Å². The Hall–Kier alpha value is -4.19. The van der Waals surface area contributed by atoms with Crippen LogP contribution in [-0.4, -0.2) is 32.3 Å². The van der Waals surface area contributed by atoms with E-state index in [0.29, 0.717) is 27.8 Å². The third-order valence-corrected chi connectivity index (χ3v) is 4.84. The molecule has 32 heavy (non-hydrogen) atoms. The fraction of sp³-hybridized carbons (Fsp3) is 0.217. The zero-order valence-corrected chi connectivity index (χ0v) is 17.3. The minimum atomic E-state index is -0.917. The van der Waals surface area contributed by atoms with E-state index in [0.717, 1.165) is 5.56 Å². The smallest absolute Gasteiger partial charge is 0.303 e. The number of carbonyl (C=O) groups is 1. The number of aryl methyl sites for hydroxylation is 1. The first kappa shape index (κ1) is 21.1. The Morgan fingerprint density at radius 3 is 2.88 bits per heavy atom. The van der Waals surface area contributed by atoms with Gasteiger partial charge in [-0.2, -0.15) is 10.2 Å². The number of benzene rings is 2. The van der Waals surface area contributed by atoms with Gasteiger partial charge in [-0.3, -0.25) is 4.79 Å². The highest BCUT2D eigenvalue weighted by Gasteiger charge is 2.18. The zero-order chi connectivity index (χ0) is 22.8. The molecule has 0 radical (unpaired) electrons. The van der Waals surface area contributed by atoms with Crippen LogP contribution in [0.3, 0.4) is 0 Å². The van der Waals surface area contributed by atoms with E-state index >= 15 is 0 Å². The van der Waals surface area contributed by atoms with Gasteiger partial charge >= 0.3 is 5.97 Å². The van der Waals surface area contributed by atoms with Gasteiger partial charge in [-0.25, -0.2) is 4.39 Å². The molecular weight excluding hydrogens is 415 g/mol. The van der Waals surface area contributed by atoms with Crippen LogP contribution in [0.25, 0.3) is 33.7 Å². The second kappa shape index (κ2) is 8.51. The molecule has 0 saturated heterocycles. The molecular formula is C23H19FN4O4. The minimum Gasteiger partial charge on any atom is -0.490 e. The highest BCUT2D eigenvalue weighted by atomic mass is 19.1. The van der Waals surface area contributed by atoms with E-state index in [1.54, 1.807) is 30.5 Å². The number of aromatic nitrogens is 3. The maximum Gasteiger partial charge on any atom is 0.303 e. The minimum absolute atomic E-state index is 0.0454. The number of aromatic amines is 1.